The first-order chi connectivity index (χ1) is 4.93. The molecule has 0 aliphatic carbocycles. The molecule has 1 heterocycles. The molecule has 0 unspecified atom stereocenters. The number of nitrogens with zero attached hydrogens (tertiary/aromatic N) is 1. The van der Waals surface area contributed by atoms with Crippen LogP contribution in [-0.4, -0.2) is 30.7 Å². The third-order valence-corrected chi connectivity index (χ3v) is 2.12. The number of rotatable bonds is 0. The molecule has 11 heavy (non-hydrogen) atoms. The molecule has 0 bridgehead atoms. The van der Waals surface area contributed by atoms with Crippen LogP contribution in [0.1, 0.15) is 20.8 Å². The Morgan fingerprint density at radius 1 is 1.55 bits per heavy atom. The lowest BCUT2D eigenvalue weighted by molar-refractivity contribution is 0.161. The quantitative estimate of drug-likeness (QED) is 0.533. The zero-order chi connectivity index (χ0) is 8.65. The van der Waals surface area contributed by atoms with E-state index in [4.69, 9.17) is 4.74 Å². The second-order valence-electron chi connectivity index (χ2n) is 4.07. The summed E-state index contributed by atoms with van der Waals surface area (Å²) in [5, 5.41) is 0. The molecule has 64 valence electrons. The number of carbonyl (C=O) groups is 1. The summed E-state index contributed by atoms with van der Waals surface area (Å²) in [7, 11) is 1.78. The van der Waals surface area contributed by atoms with Crippen LogP contribution in [0.15, 0.2) is 0 Å². The summed E-state index contributed by atoms with van der Waals surface area (Å²) >= 11 is 0. The van der Waals surface area contributed by atoms with E-state index in [1.54, 1.807) is 11.9 Å². The summed E-state index contributed by atoms with van der Waals surface area (Å²) in [5.41, 5.74) is 0.112. The largest absolute Gasteiger partial charge is 0.447 e. The summed E-state index contributed by atoms with van der Waals surface area (Å²) < 4.78 is 4.89. The minimum absolute atomic E-state index is 0.112. The SMILES string of the molecule is CN1C(=O)OC[C@H]1C(C)(C)C. The van der Waals surface area contributed by atoms with Crippen LogP contribution in [-0.2, 0) is 4.74 Å². The Labute approximate surface area is 67.3 Å². The van der Waals surface area contributed by atoms with Crippen LogP contribution < -0.4 is 0 Å². The van der Waals surface area contributed by atoms with Crippen molar-refractivity contribution < 1.29 is 9.53 Å². The molecule has 0 radical (unpaired) electrons. The predicted molar refractivity (Wildman–Crippen MR) is 42.4 cm³/mol. The van der Waals surface area contributed by atoms with Gasteiger partial charge in [-0.1, -0.05) is 20.8 Å². The van der Waals surface area contributed by atoms with Gasteiger partial charge in [-0.05, 0) is 5.41 Å². The number of ether oxygens (including phenoxy) is 1. The highest BCUT2D eigenvalue weighted by Crippen LogP contribution is 2.27. The molecule has 1 aliphatic rings. The van der Waals surface area contributed by atoms with Gasteiger partial charge in [-0.15, -0.1) is 0 Å². The molecule has 0 aromatic heterocycles. The van der Waals surface area contributed by atoms with E-state index < -0.39 is 0 Å². The zero-order valence-electron chi connectivity index (χ0n) is 7.55. The van der Waals surface area contributed by atoms with Crippen molar-refractivity contribution in [3.8, 4) is 0 Å². The van der Waals surface area contributed by atoms with Gasteiger partial charge in [0.2, 0.25) is 0 Å². The lowest BCUT2D eigenvalue weighted by atomic mass is 9.87. The van der Waals surface area contributed by atoms with Crippen molar-refractivity contribution in [3.63, 3.8) is 0 Å². The monoisotopic (exact) mass is 157 g/mol. The molecule has 1 rings (SSSR count). The number of cyclic esters (lactones) is 1. The number of hydrogen-bond acceptors (Lipinski definition) is 2. The van der Waals surface area contributed by atoms with E-state index in [9.17, 15) is 4.79 Å². The third-order valence-electron chi connectivity index (χ3n) is 2.12. The van der Waals surface area contributed by atoms with Gasteiger partial charge in [0.15, 0.2) is 0 Å². The lowest BCUT2D eigenvalue weighted by Gasteiger charge is -2.29. The normalized spacial score (nSPS) is 25.6. The molecule has 1 amide bonds. The number of likely N-dealkylation sites (N-methyl/N-ethyl adjacent to an activating group) is 1. The number of carbonyl (C=O) groups excluding carboxylic acids is 1. The van der Waals surface area contributed by atoms with E-state index in [1.165, 1.54) is 0 Å². The molecular weight excluding hydrogens is 142 g/mol. The summed E-state index contributed by atoms with van der Waals surface area (Å²) in [6.45, 7) is 6.85. The molecule has 0 saturated carbocycles. The summed E-state index contributed by atoms with van der Waals surface area (Å²) in [6.07, 6.45) is -0.204. The fourth-order valence-electron chi connectivity index (χ4n) is 1.32. The van der Waals surface area contributed by atoms with Crippen LogP contribution in [0.2, 0.25) is 0 Å². The van der Waals surface area contributed by atoms with Crippen LogP contribution in [0.5, 0.6) is 0 Å². The minimum atomic E-state index is -0.204. The maximum absolute atomic E-state index is 10.9. The molecular formula is C8H15NO2. The average molecular weight is 157 g/mol. The van der Waals surface area contributed by atoms with E-state index in [0.717, 1.165) is 0 Å². The van der Waals surface area contributed by atoms with Crippen molar-refractivity contribution in [3.05, 3.63) is 0 Å². The average Bonchev–Trinajstić information content (AvgIpc) is 2.11. The standard InChI is InChI=1S/C8H15NO2/c1-8(2,3)6-5-11-7(10)9(6)4/h6H,5H2,1-4H3/t6-/m0/s1. The molecule has 0 aromatic carbocycles. The fourth-order valence-corrected chi connectivity index (χ4v) is 1.32. The summed E-state index contributed by atoms with van der Waals surface area (Å²) in [4.78, 5) is 12.6. The maximum Gasteiger partial charge on any atom is 0.409 e. The highest BCUT2D eigenvalue weighted by molar-refractivity contribution is 5.69. The van der Waals surface area contributed by atoms with Crippen molar-refractivity contribution in [2.24, 2.45) is 5.41 Å². The zero-order valence-corrected chi connectivity index (χ0v) is 7.55. The maximum atomic E-state index is 10.9. The van der Waals surface area contributed by atoms with E-state index in [0.29, 0.717) is 6.61 Å². The van der Waals surface area contributed by atoms with Crippen molar-refractivity contribution in [2.75, 3.05) is 13.7 Å². The van der Waals surface area contributed by atoms with E-state index in [2.05, 4.69) is 20.8 Å². The molecule has 0 N–H and O–H groups in total. The van der Waals surface area contributed by atoms with Gasteiger partial charge < -0.3 is 9.64 Å². The Hall–Kier alpha value is -0.730. The molecule has 1 fully saturated rings. The van der Waals surface area contributed by atoms with Crippen LogP contribution in [0.3, 0.4) is 0 Å². The highest BCUT2D eigenvalue weighted by atomic mass is 16.6. The highest BCUT2D eigenvalue weighted by Gasteiger charge is 2.37. The van der Waals surface area contributed by atoms with Gasteiger partial charge >= 0.3 is 6.09 Å². The van der Waals surface area contributed by atoms with Gasteiger partial charge in [0, 0.05) is 7.05 Å². The molecule has 3 nitrogen and oxygen atoms in total. The third kappa shape index (κ3) is 1.47. The van der Waals surface area contributed by atoms with Crippen molar-refractivity contribution >= 4 is 6.09 Å². The molecule has 1 saturated heterocycles. The first kappa shape index (κ1) is 8.37. The Bertz CT molecular complexity index is 171. The first-order valence-electron chi connectivity index (χ1n) is 3.82. The Kier molecular flexibility index (Phi) is 1.82. The number of hydrogen-bond donors (Lipinski definition) is 0. The van der Waals surface area contributed by atoms with Gasteiger partial charge in [-0.2, -0.15) is 0 Å². The van der Waals surface area contributed by atoms with Gasteiger partial charge in [0.1, 0.15) is 6.61 Å². The van der Waals surface area contributed by atoms with E-state index in [1.807, 2.05) is 0 Å². The number of amides is 1. The smallest absolute Gasteiger partial charge is 0.409 e. The van der Waals surface area contributed by atoms with Crippen LogP contribution in [0.25, 0.3) is 0 Å². The summed E-state index contributed by atoms with van der Waals surface area (Å²) in [5.74, 6) is 0. The van der Waals surface area contributed by atoms with Gasteiger partial charge in [-0.25, -0.2) is 4.79 Å². The van der Waals surface area contributed by atoms with Gasteiger partial charge in [0.05, 0.1) is 6.04 Å². The minimum Gasteiger partial charge on any atom is -0.447 e. The van der Waals surface area contributed by atoms with Gasteiger partial charge in [0.25, 0.3) is 0 Å². The second kappa shape index (κ2) is 2.40. The molecule has 3 heteroatoms. The van der Waals surface area contributed by atoms with Crippen molar-refractivity contribution in [1.82, 2.24) is 4.90 Å². The van der Waals surface area contributed by atoms with Crippen LogP contribution in [0.4, 0.5) is 4.79 Å². The molecule has 0 spiro atoms. The van der Waals surface area contributed by atoms with Crippen LogP contribution >= 0.6 is 0 Å². The van der Waals surface area contributed by atoms with Gasteiger partial charge in [-0.3, -0.25) is 0 Å². The van der Waals surface area contributed by atoms with Crippen LogP contribution in [0, 0.1) is 5.41 Å². The fraction of sp³-hybridized carbons (Fsp3) is 0.875. The Morgan fingerprint density at radius 2 is 2.09 bits per heavy atom. The molecule has 1 aliphatic heterocycles. The molecule has 1 atom stereocenters. The van der Waals surface area contributed by atoms with Crippen molar-refractivity contribution in [1.29, 1.82) is 0 Å². The summed E-state index contributed by atoms with van der Waals surface area (Å²) in [6, 6.07) is 0.218. The Morgan fingerprint density at radius 3 is 2.27 bits per heavy atom. The first-order valence-corrected chi connectivity index (χ1v) is 3.82. The predicted octanol–water partition coefficient (Wildman–Crippen LogP) is 1.48. The Balaban J connectivity index is 2.70. The molecule has 0 aromatic rings. The van der Waals surface area contributed by atoms with E-state index >= 15 is 0 Å². The lowest BCUT2D eigenvalue weighted by Crippen LogP contribution is -2.39. The second-order valence-corrected chi connectivity index (χ2v) is 4.07. The van der Waals surface area contributed by atoms with Crippen molar-refractivity contribution in [2.45, 2.75) is 26.8 Å². The van der Waals surface area contributed by atoms with E-state index in [-0.39, 0.29) is 17.6 Å². The topological polar surface area (TPSA) is 29.5 Å².